The van der Waals surface area contributed by atoms with Crippen LogP contribution in [0, 0.1) is 0 Å². The Morgan fingerprint density at radius 3 is 1.98 bits per heavy atom. The van der Waals surface area contributed by atoms with Crippen molar-refractivity contribution in [2.24, 2.45) is 0 Å². The van der Waals surface area contributed by atoms with Crippen LogP contribution in [0.3, 0.4) is 0 Å². The Kier molecular flexibility index (Phi) is 8.78. The first-order chi connectivity index (χ1) is 19.5. The third-order valence-corrected chi connectivity index (χ3v) is 6.28. The van der Waals surface area contributed by atoms with Gasteiger partial charge in [0.15, 0.2) is 0 Å². The second kappa shape index (κ2) is 12.4. The molecule has 0 saturated carbocycles. The van der Waals surface area contributed by atoms with E-state index in [9.17, 15) is 33.0 Å². The molecule has 41 heavy (non-hydrogen) atoms. The number of aromatic carboxylic acids is 2. The van der Waals surface area contributed by atoms with Gasteiger partial charge >= 0.3 is 18.1 Å². The van der Waals surface area contributed by atoms with Crippen molar-refractivity contribution < 1.29 is 43.0 Å². The number of methoxy groups -OCH3 is 1. The van der Waals surface area contributed by atoms with Gasteiger partial charge in [-0.25, -0.2) is 9.59 Å². The van der Waals surface area contributed by atoms with Gasteiger partial charge in [0.25, 0.3) is 0 Å². The van der Waals surface area contributed by atoms with Crippen LogP contribution in [0.2, 0.25) is 0 Å². The Morgan fingerprint density at radius 2 is 1.32 bits per heavy atom. The number of anilines is 4. The monoisotopic (exact) mass is 566 g/mol. The minimum atomic E-state index is -4.66. The normalized spacial score (nSPS) is 11.1. The molecule has 8 nitrogen and oxygen atoms in total. The Balaban J connectivity index is 1.60. The fourth-order valence-corrected chi connectivity index (χ4v) is 4.17. The molecule has 4 aromatic carbocycles. The van der Waals surface area contributed by atoms with Crippen LogP contribution in [-0.2, 0) is 19.3 Å². The van der Waals surface area contributed by atoms with Crippen molar-refractivity contribution in [1.82, 2.24) is 0 Å². The van der Waals surface area contributed by atoms with Gasteiger partial charge in [0, 0.05) is 11.1 Å². The predicted octanol–water partition coefficient (Wildman–Crippen LogP) is 5.86. The standard InChI is InChI=1S/C30H26F3N3O5/c1-41-21-10-6-18(7-11-21)16-34-17-19-8-12-25(23(14-19)29(39)40)36-27-15-20(30(31,32)33)9-13-26(27)35-24-5-3-2-4-22(24)28(37)38/h2-15,34-36H,16-17H2,1H3,(H,37,38)(H,39,40)/p+1. The van der Waals surface area contributed by atoms with Crippen LogP contribution in [0.5, 0.6) is 5.75 Å². The molecule has 0 bridgehead atoms. The molecule has 4 rings (SSSR count). The number of hydrogen-bond donors (Lipinski definition) is 5. The number of carboxylic acid groups (broad SMARTS) is 2. The van der Waals surface area contributed by atoms with Gasteiger partial charge < -0.3 is 30.9 Å². The predicted molar refractivity (Wildman–Crippen MR) is 147 cm³/mol. The number of halogens is 3. The lowest BCUT2D eigenvalue weighted by atomic mass is 10.1. The number of quaternary nitrogens is 1. The number of nitrogens with two attached hydrogens (primary N) is 1. The van der Waals surface area contributed by atoms with Crippen LogP contribution in [0.4, 0.5) is 35.9 Å². The average molecular weight is 567 g/mol. The number of alkyl halides is 3. The summed E-state index contributed by atoms with van der Waals surface area (Å²) in [6.45, 7) is 1.11. The Hall–Kier alpha value is -5.03. The third kappa shape index (κ3) is 7.34. The number of carbonyl (C=O) groups is 2. The van der Waals surface area contributed by atoms with Crippen molar-refractivity contribution in [1.29, 1.82) is 0 Å². The summed E-state index contributed by atoms with van der Waals surface area (Å²) in [5.74, 6) is -1.74. The number of ether oxygens (including phenoxy) is 1. The quantitative estimate of drug-likeness (QED) is 0.154. The minimum absolute atomic E-state index is 0.0744. The molecule has 0 aromatic heterocycles. The molecule has 0 heterocycles. The van der Waals surface area contributed by atoms with Crippen LogP contribution >= 0.6 is 0 Å². The number of carboxylic acids is 2. The zero-order chi connectivity index (χ0) is 29.6. The average Bonchev–Trinajstić information content (AvgIpc) is 2.94. The van der Waals surface area contributed by atoms with Crippen molar-refractivity contribution in [3.63, 3.8) is 0 Å². The lowest BCUT2D eigenvalue weighted by Gasteiger charge is -2.19. The highest BCUT2D eigenvalue weighted by Crippen LogP contribution is 2.37. The number of hydrogen-bond acceptors (Lipinski definition) is 5. The molecule has 11 heteroatoms. The van der Waals surface area contributed by atoms with Gasteiger partial charge in [0.2, 0.25) is 0 Å². The lowest BCUT2D eigenvalue weighted by Crippen LogP contribution is -2.80. The maximum absolute atomic E-state index is 13.5. The smallest absolute Gasteiger partial charge is 0.416 e. The molecule has 0 saturated heterocycles. The molecule has 0 spiro atoms. The first-order valence-corrected chi connectivity index (χ1v) is 12.4. The number of benzene rings is 4. The fourth-order valence-electron chi connectivity index (χ4n) is 4.17. The fraction of sp³-hybridized carbons (Fsp3) is 0.133. The van der Waals surface area contributed by atoms with E-state index in [1.165, 1.54) is 30.3 Å². The zero-order valence-corrected chi connectivity index (χ0v) is 21.8. The van der Waals surface area contributed by atoms with Crippen LogP contribution < -0.4 is 20.7 Å². The molecule has 0 aliphatic carbocycles. The molecule has 0 unspecified atom stereocenters. The summed E-state index contributed by atoms with van der Waals surface area (Å²) in [6.07, 6.45) is -4.66. The number of nitrogens with one attached hydrogen (secondary N) is 2. The summed E-state index contributed by atoms with van der Waals surface area (Å²) >= 11 is 0. The summed E-state index contributed by atoms with van der Waals surface area (Å²) in [4.78, 5) is 23.7. The summed E-state index contributed by atoms with van der Waals surface area (Å²) in [7, 11) is 1.59. The topological polar surface area (TPSA) is 125 Å². The van der Waals surface area contributed by atoms with Crippen molar-refractivity contribution in [3.05, 3.63) is 113 Å². The molecule has 6 N–H and O–H groups in total. The second-order valence-electron chi connectivity index (χ2n) is 9.09. The van der Waals surface area contributed by atoms with E-state index in [0.29, 0.717) is 18.7 Å². The van der Waals surface area contributed by atoms with E-state index in [-0.39, 0.29) is 33.9 Å². The SMILES string of the molecule is COc1ccc(C[NH2+]Cc2ccc(Nc3cc(C(F)(F)F)ccc3Nc3ccccc3C(=O)O)c(C(=O)O)c2)cc1. The van der Waals surface area contributed by atoms with Crippen LogP contribution in [0.1, 0.15) is 37.4 Å². The molecule has 0 amide bonds. The van der Waals surface area contributed by atoms with Crippen LogP contribution in [0.15, 0.2) is 84.9 Å². The molecule has 0 atom stereocenters. The highest BCUT2D eigenvalue weighted by molar-refractivity contribution is 5.98. The Bertz CT molecular complexity index is 1560. The van der Waals surface area contributed by atoms with Gasteiger partial charge in [-0.1, -0.05) is 18.2 Å². The maximum atomic E-state index is 13.5. The third-order valence-electron chi connectivity index (χ3n) is 6.28. The van der Waals surface area contributed by atoms with Gasteiger partial charge in [-0.2, -0.15) is 13.2 Å². The van der Waals surface area contributed by atoms with Crippen LogP contribution in [-0.4, -0.2) is 29.3 Å². The summed E-state index contributed by atoms with van der Waals surface area (Å²) in [5, 5.41) is 27.0. The molecule has 4 aromatic rings. The van der Waals surface area contributed by atoms with Crippen molar-refractivity contribution in [3.8, 4) is 5.75 Å². The molecular formula is C30H27F3N3O5+. The maximum Gasteiger partial charge on any atom is 0.416 e. The molecule has 0 fully saturated rings. The largest absolute Gasteiger partial charge is 0.497 e. The number of rotatable bonds is 11. The van der Waals surface area contributed by atoms with Gasteiger partial charge in [-0.05, 0) is 66.7 Å². The van der Waals surface area contributed by atoms with Crippen molar-refractivity contribution in [2.45, 2.75) is 19.3 Å². The van der Waals surface area contributed by atoms with E-state index in [4.69, 9.17) is 4.74 Å². The van der Waals surface area contributed by atoms with Crippen molar-refractivity contribution >= 4 is 34.7 Å². The molecule has 0 aliphatic rings. The van der Waals surface area contributed by atoms with Gasteiger partial charge in [-0.15, -0.1) is 0 Å². The highest BCUT2D eigenvalue weighted by Gasteiger charge is 2.31. The van der Waals surface area contributed by atoms with Gasteiger partial charge in [0.05, 0.1) is 46.5 Å². The summed E-state index contributed by atoms with van der Waals surface area (Å²) < 4.78 is 45.8. The van der Waals surface area contributed by atoms with E-state index in [1.54, 1.807) is 19.2 Å². The van der Waals surface area contributed by atoms with Gasteiger partial charge in [-0.3, -0.25) is 0 Å². The first-order valence-electron chi connectivity index (χ1n) is 12.4. The second-order valence-corrected chi connectivity index (χ2v) is 9.09. The Labute approximate surface area is 233 Å². The van der Waals surface area contributed by atoms with E-state index >= 15 is 0 Å². The van der Waals surface area contributed by atoms with Crippen LogP contribution in [0.25, 0.3) is 0 Å². The van der Waals surface area contributed by atoms with Gasteiger partial charge in [0.1, 0.15) is 18.8 Å². The Morgan fingerprint density at radius 1 is 0.732 bits per heavy atom. The molecule has 212 valence electrons. The minimum Gasteiger partial charge on any atom is -0.497 e. The number of para-hydroxylation sites is 1. The summed E-state index contributed by atoms with van der Waals surface area (Å²) in [6, 6.07) is 21.0. The highest BCUT2D eigenvalue weighted by atomic mass is 19.4. The lowest BCUT2D eigenvalue weighted by molar-refractivity contribution is -0.686. The zero-order valence-electron chi connectivity index (χ0n) is 21.8. The molecule has 0 radical (unpaired) electrons. The first kappa shape index (κ1) is 29.0. The molecule has 0 aliphatic heterocycles. The van der Waals surface area contributed by atoms with E-state index < -0.39 is 23.7 Å². The summed E-state index contributed by atoms with van der Waals surface area (Å²) in [5.41, 5.74) is 0.861. The van der Waals surface area contributed by atoms with Crippen molar-refractivity contribution in [2.75, 3.05) is 17.7 Å². The molecular weight excluding hydrogens is 539 g/mol. The van der Waals surface area contributed by atoms with E-state index in [2.05, 4.69) is 10.6 Å². The van der Waals surface area contributed by atoms with E-state index in [1.807, 2.05) is 29.6 Å². The van der Waals surface area contributed by atoms with E-state index in [0.717, 1.165) is 29.5 Å².